The number of rotatable bonds is 2. The van der Waals surface area contributed by atoms with Crippen LogP contribution in [0.25, 0.3) is 6.08 Å². The van der Waals surface area contributed by atoms with Gasteiger partial charge in [0, 0.05) is 0 Å². The lowest BCUT2D eigenvalue weighted by Crippen LogP contribution is -2.36. The molecule has 16 heavy (non-hydrogen) atoms. The summed E-state index contributed by atoms with van der Waals surface area (Å²) in [6, 6.07) is 7.50. The number of allylic oxidation sites excluding steroid dienone is 1. The molecule has 0 fully saturated rings. The Bertz CT molecular complexity index is 478. The molecule has 4 heteroatoms. The van der Waals surface area contributed by atoms with Gasteiger partial charge in [-0.2, -0.15) is 0 Å². The molecule has 0 aliphatic heterocycles. The van der Waals surface area contributed by atoms with Crippen molar-refractivity contribution in [3.8, 4) is 0 Å². The van der Waals surface area contributed by atoms with Crippen molar-refractivity contribution in [2.45, 2.75) is 6.42 Å². The number of fused-ring (bicyclic) bond motifs is 1. The Morgan fingerprint density at radius 2 is 1.75 bits per heavy atom. The molecule has 0 aromatic heterocycles. The summed E-state index contributed by atoms with van der Waals surface area (Å²) >= 11 is 11.0. The first kappa shape index (κ1) is 11.4. The van der Waals surface area contributed by atoms with Crippen LogP contribution in [0.5, 0.6) is 0 Å². The maximum absolute atomic E-state index is 11.4. The highest BCUT2D eigenvalue weighted by Gasteiger charge is 2.43. The Morgan fingerprint density at radius 1 is 1.12 bits per heavy atom. The quantitative estimate of drug-likeness (QED) is 0.601. The van der Waals surface area contributed by atoms with Gasteiger partial charge in [0.25, 0.3) is 0 Å². The standard InChI is InChI=1S/C12H8Cl2O2/c13-10(15)12(11(14)16)6-5-8-3-1-2-4-9(8)7-12/h1-6H,7H2. The van der Waals surface area contributed by atoms with E-state index in [4.69, 9.17) is 23.2 Å². The fourth-order valence-electron chi connectivity index (χ4n) is 1.80. The molecule has 0 saturated carbocycles. The zero-order chi connectivity index (χ0) is 11.8. The van der Waals surface area contributed by atoms with E-state index in [1.54, 1.807) is 6.08 Å². The summed E-state index contributed by atoms with van der Waals surface area (Å²) in [7, 11) is 0. The predicted molar refractivity (Wildman–Crippen MR) is 63.3 cm³/mol. The zero-order valence-corrected chi connectivity index (χ0v) is 9.76. The number of halogens is 2. The SMILES string of the molecule is O=C(Cl)C1(C(=O)Cl)C=Cc2ccccc2C1. The lowest BCUT2D eigenvalue weighted by molar-refractivity contribution is -0.128. The van der Waals surface area contributed by atoms with Gasteiger partial charge in [-0.15, -0.1) is 0 Å². The predicted octanol–water partition coefficient (Wildman–Crippen LogP) is 2.77. The molecule has 1 aliphatic carbocycles. The molecule has 2 nitrogen and oxygen atoms in total. The van der Waals surface area contributed by atoms with Gasteiger partial charge in [0.2, 0.25) is 10.5 Å². The molecule has 0 atom stereocenters. The van der Waals surface area contributed by atoms with Crippen LogP contribution in [0.3, 0.4) is 0 Å². The van der Waals surface area contributed by atoms with Gasteiger partial charge >= 0.3 is 0 Å². The second kappa shape index (κ2) is 4.04. The second-order valence-corrected chi connectivity index (χ2v) is 4.41. The maximum Gasteiger partial charge on any atom is 0.240 e. The molecule has 0 unspecified atom stereocenters. The summed E-state index contributed by atoms with van der Waals surface area (Å²) in [5.74, 6) is 0. The molecular weight excluding hydrogens is 247 g/mol. The molecule has 82 valence electrons. The molecule has 0 radical (unpaired) electrons. The van der Waals surface area contributed by atoms with Crippen molar-refractivity contribution in [1.82, 2.24) is 0 Å². The Labute approximate surface area is 103 Å². The van der Waals surface area contributed by atoms with E-state index in [9.17, 15) is 9.59 Å². The van der Waals surface area contributed by atoms with E-state index in [2.05, 4.69) is 0 Å². The molecule has 0 saturated heterocycles. The summed E-state index contributed by atoms with van der Waals surface area (Å²) in [4.78, 5) is 22.8. The van der Waals surface area contributed by atoms with Gasteiger partial charge in [-0.3, -0.25) is 9.59 Å². The smallest absolute Gasteiger partial charge is 0.240 e. The highest BCUT2D eigenvalue weighted by molar-refractivity contribution is 6.75. The number of hydrogen-bond donors (Lipinski definition) is 0. The summed E-state index contributed by atoms with van der Waals surface area (Å²) in [6.45, 7) is 0. The van der Waals surface area contributed by atoms with E-state index in [1.165, 1.54) is 6.08 Å². The third kappa shape index (κ3) is 1.68. The van der Waals surface area contributed by atoms with E-state index in [-0.39, 0.29) is 6.42 Å². The number of benzene rings is 1. The fourth-order valence-corrected chi connectivity index (χ4v) is 2.28. The van der Waals surface area contributed by atoms with Crippen molar-refractivity contribution >= 4 is 39.8 Å². The lowest BCUT2D eigenvalue weighted by atomic mass is 9.78. The van der Waals surface area contributed by atoms with Gasteiger partial charge in [0.1, 0.15) is 5.41 Å². The molecule has 1 aromatic rings. The van der Waals surface area contributed by atoms with Crippen molar-refractivity contribution in [3.63, 3.8) is 0 Å². The van der Waals surface area contributed by atoms with Crippen molar-refractivity contribution in [2.75, 3.05) is 0 Å². The zero-order valence-electron chi connectivity index (χ0n) is 8.24. The average molecular weight is 255 g/mol. The van der Waals surface area contributed by atoms with E-state index in [0.717, 1.165) is 11.1 Å². The van der Waals surface area contributed by atoms with Crippen molar-refractivity contribution < 1.29 is 9.59 Å². The minimum Gasteiger partial charge on any atom is -0.280 e. The summed E-state index contributed by atoms with van der Waals surface area (Å²) in [5.41, 5.74) is 0.472. The Morgan fingerprint density at radius 3 is 2.38 bits per heavy atom. The first-order valence-electron chi connectivity index (χ1n) is 4.73. The molecule has 2 rings (SSSR count). The Kier molecular flexibility index (Phi) is 2.87. The molecule has 1 aliphatic rings. The lowest BCUT2D eigenvalue weighted by Gasteiger charge is -2.26. The van der Waals surface area contributed by atoms with Crippen molar-refractivity contribution in [2.24, 2.45) is 5.41 Å². The topological polar surface area (TPSA) is 34.1 Å². The first-order chi connectivity index (χ1) is 7.56. The molecule has 0 heterocycles. The van der Waals surface area contributed by atoms with Crippen LogP contribution in [0.1, 0.15) is 11.1 Å². The van der Waals surface area contributed by atoms with Crippen LogP contribution in [0.2, 0.25) is 0 Å². The molecule has 0 spiro atoms. The Hall–Kier alpha value is -1.12. The van der Waals surface area contributed by atoms with Gasteiger partial charge in [-0.05, 0) is 40.7 Å². The minimum atomic E-state index is -1.41. The van der Waals surface area contributed by atoms with Gasteiger partial charge in [-0.25, -0.2) is 0 Å². The Balaban J connectivity index is 2.51. The van der Waals surface area contributed by atoms with Gasteiger partial charge < -0.3 is 0 Å². The molecule has 0 N–H and O–H groups in total. The van der Waals surface area contributed by atoms with Crippen LogP contribution in [0.4, 0.5) is 0 Å². The molecule has 0 bridgehead atoms. The maximum atomic E-state index is 11.4. The van der Waals surface area contributed by atoms with Crippen molar-refractivity contribution in [3.05, 3.63) is 41.5 Å². The van der Waals surface area contributed by atoms with Crippen LogP contribution in [0.15, 0.2) is 30.3 Å². The second-order valence-electron chi connectivity index (χ2n) is 3.73. The fraction of sp³-hybridized carbons (Fsp3) is 0.167. The van der Waals surface area contributed by atoms with Crippen LogP contribution in [-0.2, 0) is 16.0 Å². The molecule has 0 amide bonds. The van der Waals surface area contributed by atoms with Crippen molar-refractivity contribution in [1.29, 1.82) is 0 Å². The highest BCUT2D eigenvalue weighted by Crippen LogP contribution is 2.36. The minimum absolute atomic E-state index is 0.227. The third-order valence-electron chi connectivity index (χ3n) is 2.77. The molecular formula is C12H8Cl2O2. The largest absolute Gasteiger partial charge is 0.280 e. The third-order valence-corrected chi connectivity index (χ3v) is 3.45. The number of carbonyl (C=O) groups is 2. The average Bonchev–Trinajstić information content (AvgIpc) is 2.27. The van der Waals surface area contributed by atoms with E-state index in [0.29, 0.717) is 0 Å². The van der Waals surface area contributed by atoms with Crippen LogP contribution >= 0.6 is 23.2 Å². The van der Waals surface area contributed by atoms with Gasteiger partial charge in [0.15, 0.2) is 0 Å². The van der Waals surface area contributed by atoms with E-state index in [1.807, 2.05) is 24.3 Å². The van der Waals surface area contributed by atoms with Crippen LogP contribution in [0, 0.1) is 5.41 Å². The summed E-state index contributed by atoms with van der Waals surface area (Å²) in [5, 5.41) is -1.48. The van der Waals surface area contributed by atoms with Gasteiger partial charge in [0.05, 0.1) is 0 Å². The van der Waals surface area contributed by atoms with E-state index < -0.39 is 15.9 Å². The number of carbonyl (C=O) groups excluding carboxylic acids is 2. The summed E-state index contributed by atoms with van der Waals surface area (Å²) < 4.78 is 0. The summed E-state index contributed by atoms with van der Waals surface area (Å²) in [6.07, 6.45) is 3.42. The number of hydrogen-bond acceptors (Lipinski definition) is 2. The van der Waals surface area contributed by atoms with E-state index >= 15 is 0 Å². The van der Waals surface area contributed by atoms with Crippen LogP contribution < -0.4 is 0 Å². The monoisotopic (exact) mass is 254 g/mol. The van der Waals surface area contributed by atoms with Crippen LogP contribution in [-0.4, -0.2) is 10.5 Å². The normalized spacial score (nSPS) is 16.6. The molecule has 1 aromatic carbocycles. The van der Waals surface area contributed by atoms with Gasteiger partial charge in [-0.1, -0.05) is 36.4 Å². The highest BCUT2D eigenvalue weighted by atomic mass is 35.5. The first-order valence-corrected chi connectivity index (χ1v) is 5.49.